The number of rotatable bonds is 1. The van der Waals surface area contributed by atoms with Gasteiger partial charge in [0.05, 0.1) is 0 Å². The summed E-state index contributed by atoms with van der Waals surface area (Å²) < 4.78 is 34.8. The Bertz CT molecular complexity index is 67.5. The number of halogens is 3. The first kappa shape index (κ1) is 7.71. The van der Waals surface area contributed by atoms with E-state index in [4.69, 9.17) is 0 Å². The molecule has 0 fully saturated rings. The maximum atomic E-state index is 11.8. The lowest BCUT2D eigenvalue weighted by atomic mass is 10.3. The maximum Gasteiger partial charge on any atom is 0.346 e. The zero-order valence-corrected chi connectivity index (χ0v) is 4.29. The minimum Gasteiger partial charge on any atom is -0.293 e. The lowest BCUT2D eigenvalue weighted by Crippen LogP contribution is -2.55. The Labute approximate surface area is 44.6 Å². The molecule has 0 aromatic carbocycles. The molecule has 0 aromatic heterocycles. The van der Waals surface area contributed by atoms with Gasteiger partial charge in [-0.25, -0.2) is 4.39 Å². The molecular weight excluding hydrogens is 121 g/mol. The summed E-state index contributed by atoms with van der Waals surface area (Å²) in [6, 6.07) is -3.95. The molecule has 0 radical (unpaired) electrons. The summed E-state index contributed by atoms with van der Waals surface area (Å²) in [6.07, 6.45) is 0. The summed E-state index contributed by atoms with van der Waals surface area (Å²) in [5.41, 5.74) is 8.25. The molecule has 1 atom stereocenters. The average Bonchev–Trinajstić information content (AvgIpc) is 1.25. The molecule has 0 aliphatic heterocycles. The van der Waals surface area contributed by atoms with E-state index >= 15 is 0 Å². The van der Waals surface area contributed by atoms with E-state index in [9.17, 15) is 13.2 Å². The molecule has 8 heavy (non-hydrogen) atoms. The van der Waals surface area contributed by atoms with Crippen LogP contribution in [0.4, 0.5) is 13.2 Å². The Hall–Kier alpha value is -0.290. The van der Waals surface area contributed by atoms with Crippen LogP contribution in [-0.2, 0) is 0 Å². The van der Waals surface area contributed by atoms with Crippen LogP contribution in [0.25, 0.3) is 0 Å². The van der Waals surface area contributed by atoms with Crippen molar-refractivity contribution in [2.75, 3.05) is 0 Å². The number of hydrogen-bond acceptors (Lipinski definition) is 2. The molecule has 4 N–H and O–H groups in total. The third kappa shape index (κ3) is 1.67. The molecule has 5 heteroatoms. The second-order valence-electron chi connectivity index (χ2n) is 1.70. The van der Waals surface area contributed by atoms with Crippen LogP contribution in [-0.4, -0.2) is 11.8 Å². The second-order valence-corrected chi connectivity index (χ2v) is 1.70. The molecule has 2 nitrogen and oxygen atoms in total. The summed E-state index contributed by atoms with van der Waals surface area (Å²) in [5.74, 6) is -3.12. The van der Waals surface area contributed by atoms with Gasteiger partial charge in [-0.05, 0) is 6.92 Å². The van der Waals surface area contributed by atoms with Crippen LogP contribution in [0.3, 0.4) is 0 Å². The van der Waals surface area contributed by atoms with Gasteiger partial charge in [-0.15, -0.1) is 0 Å². The highest BCUT2D eigenvalue weighted by molar-refractivity contribution is 4.77. The van der Waals surface area contributed by atoms with E-state index in [1.165, 1.54) is 0 Å². The molecule has 1 unspecified atom stereocenters. The summed E-state index contributed by atoms with van der Waals surface area (Å²) in [5, 5.41) is 0. The average molecular weight is 128 g/mol. The van der Waals surface area contributed by atoms with Crippen LogP contribution >= 0.6 is 0 Å². The summed E-state index contributed by atoms with van der Waals surface area (Å²) >= 11 is 0. The molecule has 0 aliphatic carbocycles. The molecule has 0 saturated carbocycles. The summed E-state index contributed by atoms with van der Waals surface area (Å²) in [4.78, 5) is 0. The molecule has 0 rings (SSSR count). The van der Waals surface area contributed by atoms with Crippen molar-refractivity contribution in [1.29, 1.82) is 0 Å². The van der Waals surface area contributed by atoms with Crippen molar-refractivity contribution in [1.82, 2.24) is 0 Å². The largest absolute Gasteiger partial charge is 0.346 e. The predicted molar refractivity (Wildman–Crippen MR) is 22.8 cm³/mol. The van der Waals surface area contributed by atoms with Crippen LogP contribution in [0.1, 0.15) is 6.92 Å². The Morgan fingerprint density at radius 2 is 1.25 bits per heavy atom. The van der Waals surface area contributed by atoms with Gasteiger partial charge in [-0.2, -0.15) is 8.78 Å². The monoisotopic (exact) mass is 128 g/mol. The minimum absolute atomic E-state index is 0.507. The Kier molecular flexibility index (Phi) is 1.54. The maximum absolute atomic E-state index is 11.8. The smallest absolute Gasteiger partial charge is 0.293 e. The molecule has 0 aromatic rings. The second kappa shape index (κ2) is 1.60. The van der Waals surface area contributed by atoms with E-state index < -0.39 is 11.8 Å². The molecule has 0 amide bonds. The van der Waals surface area contributed by atoms with Gasteiger partial charge in [-0.1, -0.05) is 0 Å². The fourth-order valence-corrected chi connectivity index (χ4v) is 0. The van der Waals surface area contributed by atoms with Crippen molar-refractivity contribution >= 4 is 0 Å². The van der Waals surface area contributed by atoms with E-state index in [1.807, 2.05) is 0 Å². The van der Waals surface area contributed by atoms with Crippen LogP contribution < -0.4 is 11.5 Å². The molecular formula is C3H7F3N2. The standard InChI is InChI=1S/C3H7F3N2/c1-2(4,7)3(5,6)8/h7-8H2,1H3. The van der Waals surface area contributed by atoms with Crippen molar-refractivity contribution in [2.24, 2.45) is 11.5 Å². The van der Waals surface area contributed by atoms with Crippen molar-refractivity contribution in [3.63, 3.8) is 0 Å². The van der Waals surface area contributed by atoms with Crippen molar-refractivity contribution in [3.05, 3.63) is 0 Å². The Morgan fingerprint density at radius 1 is 1.12 bits per heavy atom. The highest BCUT2D eigenvalue weighted by Gasteiger charge is 2.44. The zero-order chi connectivity index (χ0) is 7.00. The molecule has 0 heterocycles. The van der Waals surface area contributed by atoms with E-state index in [0.29, 0.717) is 6.92 Å². The van der Waals surface area contributed by atoms with Crippen LogP contribution in [0.2, 0.25) is 0 Å². The van der Waals surface area contributed by atoms with Crippen LogP contribution in [0.5, 0.6) is 0 Å². The van der Waals surface area contributed by atoms with Crippen molar-refractivity contribution < 1.29 is 13.2 Å². The lowest BCUT2D eigenvalue weighted by molar-refractivity contribution is -0.121. The third-order valence-electron chi connectivity index (χ3n) is 0.652. The molecule has 0 aliphatic rings. The topological polar surface area (TPSA) is 52.0 Å². The Morgan fingerprint density at radius 3 is 1.25 bits per heavy atom. The number of hydrogen-bond donors (Lipinski definition) is 2. The summed E-state index contributed by atoms with van der Waals surface area (Å²) in [6.45, 7) is 0.507. The molecule has 0 saturated heterocycles. The van der Waals surface area contributed by atoms with E-state index in [2.05, 4.69) is 11.5 Å². The highest BCUT2D eigenvalue weighted by atomic mass is 19.3. The third-order valence-corrected chi connectivity index (χ3v) is 0.652. The Balaban J connectivity index is 4.02. The van der Waals surface area contributed by atoms with Gasteiger partial charge < -0.3 is 0 Å². The van der Waals surface area contributed by atoms with Crippen molar-refractivity contribution in [3.8, 4) is 0 Å². The van der Waals surface area contributed by atoms with E-state index in [-0.39, 0.29) is 0 Å². The van der Waals surface area contributed by atoms with E-state index in [1.54, 1.807) is 0 Å². The first-order chi connectivity index (χ1) is 3.25. The fraction of sp³-hybridized carbons (Fsp3) is 1.00. The summed E-state index contributed by atoms with van der Waals surface area (Å²) in [7, 11) is 0. The number of nitrogens with two attached hydrogens (primary N) is 2. The fourth-order valence-electron chi connectivity index (χ4n) is 0. The van der Waals surface area contributed by atoms with Gasteiger partial charge in [0.15, 0.2) is 0 Å². The lowest BCUT2D eigenvalue weighted by Gasteiger charge is -2.20. The van der Waals surface area contributed by atoms with E-state index in [0.717, 1.165) is 0 Å². The highest BCUT2D eigenvalue weighted by Crippen LogP contribution is 2.20. The van der Waals surface area contributed by atoms with Crippen molar-refractivity contribution in [2.45, 2.75) is 18.8 Å². The number of alkyl halides is 3. The first-order valence-corrected chi connectivity index (χ1v) is 1.89. The molecule has 50 valence electrons. The molecule has 0 spiro atoms. The van der Waals surface area contributed by atoms with Gasteiger partial charge >= 0.3 is 6.05 Å². The predicted octanol–water partition coefficient (Wildman–Crippen LogP) is 0.182. The molecule has 0 bridgehead atoms. The van der Waals surface area contributed by atoms with Crippen LogP contribution in [0.15, 0.2) is 0 Å². The normalized spacial score (nSPS) is 20.2. The minimum atomic E-state index is -3.95. The first-order valence-electron chi connectivity index (χ1n) is 1.89. The zero-order valence-electron chi connectivity index (χ0n) is 4.29. The van der Waals surface area contributed by atoms with Gasteiger partial charge in [-0.3, -0.25) is 11.5 Å². The quantitative estimate of drug-likeness (QED) is 0.495. The van der Waals surface area contributed by atoms with Gasteiger partial charge in [0.25, 0.3) is 0 Å². The van der Waals surface area contributed by atoms with Crippen LogP contribution in [0, 0.1) is 0 Å². The SMILES string of the molecule is CC(N)(F)C(N)(F)F. The van der Waals surface area contributed by atoms with Gasteiger partial charge in [0, 0.05) is 0 Å². The van der Waals surface area contributed by atoms with Gasteiger partial charge in [0.2, 0.25) is 5.79 Å². The van der Waals surface area contributed by atoms with Gasteiger partial charge in [0.1, 0.15) is 0 Å².